The van der Waals surface area contributed by atoms with Gasteiger partial charge in [0.05, 0.1) is 10.5 Å². The van der Waals surface area contributed by atoms with E-state index < -0.39 is 4.92 Å². The Hall–Kier alpha value is -2.30. The highest BCUT2D eigenvalue weighted by Crippen LogP contribution is 2.29. The number of carbonyl (C=O) groups is 1. The van der Waals surface area contributed by atoms with Crippen LogP contribution in [0.5, 0.6) is 0 Å². The third-order valence-corrected chi connectivity index (χ3v) is 5.96. The molecule has 3 aromatic rings. The summed E-state index contributed by atoms with van der Waals surface area (Å²) in [5.41, 5.74) is 1.38. The van der Waals surface area contributed by atoms with Crippen LogP contribution in [0.15, 0.2) is 57.3 Å². The average Bonchev–Trinajstić information content (AvgIpc) is 3.08. The van der Waals surface area contributed by atoms with Gasteiger partial charge >= 0.3 is 0 Å². The summed E-state index contributed by atoms with van der Waals surface area (Å²) in [5.74, 6) is 0.248. The molecule has 0 aliphatic heterocycles. The summed E-state index contributed by atoms with van der Waals surface area (Å²) >= 11 is 5.99. The summed E-state index contributed by atoms with van der Waals surface area (Å²) in [6.07, 6.45) is 0. The molecule has 10 heteroatoms. The lowest BCUT2D eigenvalue weighted by Gasteiger charge is -2.02. The van der Waals surface area contributed by atoms with Crippen LogP contribution in [0.1, 0.15) is 15.9 Å². The molecule has 0 saturated carbocycles. The van der Waals surface area contributed by atoms with Crippen LogP contribution >= 0.6 is 39.0 Å². The number of aromatic nitrogens is 2. The molecule has 0 saturated heterocycles. The van der Waals surface area contributed by atoms with E-state index in [0.717, 1.165) is 5.56 Å². The molecule has 0 aliphatic carbocycles. The van der Waals surface area contributed by atoms with Gasteiger partial charge in [0, 0.05) is 22.4 Å². The highest BCUT2D eigenvalue weighted by Gasteiger charge is 2.13. The molecular weight excluding hydrogens is 440 g/mol. The van der Waals surface area contributed by atoms with E-state index in [0.29, 0.717) is 25.3 Å². The van der Waals surface area contributed by atoms with Gasteiger partial charge in [-0.05, 0) is 33.6 Å². The van der Waals surface area contributed by atoms with Gasteiger partial charge in [-0.1, -0.05) is 47.4 Å². The molecule has 0 atom stereocenters. The maximum absolute atomic E-state index is 12.3. The zero-order chi connectivity index (χ0) is 18.5. The Kier molecular flexibility index (Phi) is 5.96. The molecule has 0 radical (unpaired) electrons. The zero-order valence-electron chi connectivity index (χ0n) is 13.1. The molecule has 0 aliphatic rings. The van der Waals surface area contributed by atoms with Gasteiger partial charge in [-0.25, -0.2) is 0 Å². The molecule has 0 fully saturated rings. The number of benzene rings is 2. The Bertz CT molecular complexity index is 964. The van der Waals surface area contributed by atoms with E-state index >= 15 is 0 Å². The van der Waals surface area contributed by atoms with Crippen molar-refractivity contribution in [2.45, 2.75) is 10.1 Å². The van der Waals surface area contributed by atoms with E-state index in [4.69, 9.17) is 0 Å². The Morgan fingerprint density at radius 3 is 2.81 bits per heavy atom. The normalized spacial score (nSPS) is 10.5. The molecule has 1 heterocycles. The number of carbonyl (C=O) groups excluding carboxylic acids is 1. The first kappa shape index (κ1) is 18.5. The van der Waals surface area contributed by atoms with Crippen LogP contribution in [0.25, 0.3) is 0 Å². The van der Waals surface area contributed by atoms with Crippen molar-refractivity contribution in [2.75, 3.05) is 5.32 Å². The van der Waals surface area contributed by atoms with Crippen molar-refractivity contribution in [1.82, 2.24) is 10.2 Å². The SMILES string of the molecule is O=C(Nc1nnc(SCc2cccc([N+](=O)[O-])c2)s1)c1ccccc1Br. The van der Waals surface area contributed by atoms with Crippen molar-refractivity contribution in [3.63, 3.8) is 0 Å². The Labute approximate surface area is 165 Å². The molecule has 7 nitrogen and oxygen atoms in total. The molecule has 1 amide bonds. The van der Waals surface area contributed by atoms with E-state index in [9.17, 15) is 14.9 Å². The van der Waals surface area contributed by atoms with E-state index in [1.807, 2.05) is 12.1 Å². The number of nitro groups is 1. The number of amides is 1. The lowest BCUT2D eigenvalue weighted by molar-refractivity contribution is -0.384. The fraction of sp³-hybridized carbons (Fsp3) is 0.0625. The zero-order valence-corrected chi connectivity index (χ0v) is 16.3. The minimum atomic E-state index is -0.422. The van der Waals surface area contributed by atoms with Crippen LogP contribution < -0.4 is 5.32 Å². The summed E-state index contributed by atoms with van der Waals surface area (Å²) in [5, 5.41) is 21.9. The number of rotatable bonds is 6. The standard InChI is InChI=1S/C16H11BrN4O3S2/c17-13-7-2-1-6-12(13)14(22)18-15-19-20-16(26-15)25-9-10-4-3-5-11(8-10)21(23)24/h1-8H,9H2,(H,18,19,22). The summed E-state index contributed by atoms with van der Waals surface area (Å²) in [6, 6.07) is 13.6. The Balaban J connectivity index is 1.61. The van der Waals surface area contributed by atoms with Crippen LogP contribution in [-0.2, 0) is 5.75 Å². The number of nitrogens with one attached hydrogen (secondary N) is 1. The van der Waals surface area contributed by atoms with Crippen molar-refractivity contribution >= 4 is 55.8 Å². The average molecular weight is 451 g/mol. The summed E-state index contributed by atoms with van der Waals surface area (Å²) in [7, 11) is 0. The van der Waals surface area contributed by atoms with Crippen LogP contribution in [0.2, 0.25) is 0 Å². The molecule has 0 spiro atoms. The van der Waals surface area contributed by atoms with E-state index in [-0.39, 0.29) is 11.6 Å². The number of nitrogens with zero attached hydrogens (tertiary/aromatic N) is 3. The van der Waals surface area contributed by atoms with Crippen LogP contribution in [-0.4, -0.2) is 21.0 Å². The molecule has 3 rings (SSSR count). The van der Waals surface area contributed by atoms with Gasteiger partial charge in [0.25, 0.3) is 11.6 Å². The lowest BCUT2D eigenvalue weighted by Crippen LogP contribution is -2.12. The minimum absolute atomic E-state index is 0.0572. The molecule has 2 aromatic carbocycles. The number of halogens is 1. The number of nitro benzene ring substituents is 1. The monoisotopic (exact) mass is 450 g/mol. The lowest BCUT2D eigenvalue weighted by atomic mass is 10.2. The van der Waals surface area contributed by atoms with E-state index in [2.05, 4.69) is 31.4 Å². The number of thioether (sulfide) groups is 1. The molecule has 26 heavy (non-hydrogen) atoms. The predicted molar refractivity (Wildman–Crippen MR) is 105 cm³/mol. The second-order valence-electron chi connectivity index (χ2n) is 5.02. The Morgan fingerprint density at radius 1 is 1.23 bits per heavy atom. The molecule has 1 aromatic heterocycles. The Morgan fingerprint density at radius 2 is 2.04 bits per heavy atom. The minimum Gasteiger partial charge on any atom is -0.296 e. The van der Waals surface area contributed by atoms with Gasteiger partial charge < -0.3 is 0 Å². The maximum Gasteiger partial charge on any atom is 0.269 e. The van der Waals surface area contributed by atoms with Gasteiger partial charge in [-0.3, -0.25) is 20.2 Å². The third kappa shape index (κ3) is 4.65. The number of hydrogen-bond donors (Lipinski definition) is 1. The van der Waals surface area contributed by atoms with E-state index in [1.54, 1.807) is 24.3 Å². The summed E-state index contributed by atoms with van der Waals surface area (Å²) in [4.78, 5) is 22.6. The van der Waals surface area contributed by atoms with Gasteiger partial charge in [0.1, 0.15) is 0 Å². The molecule has 0 bridgehead atoms. The molecule has 1 N–H and O–H groups in total. The largest absolute Gasteiger partial charge is 0.296 e. The molecule has 132 valence electrons. The highest BCUT2D eigenvalue weighted by molar-refractivity contribution is 9.10. The first-order chi connectivity index (χ1) is 12.5. The van der Waals surface area contributed by atoms with Crippen LogP contribution in [0.3, 0.4) is 0 Å². The smallest absolute Gasteiger partial charge is 0.269 e. The highest BCUT2D eigenvalue weighted by atomic mass is 79.9. The van der Waals surface area contributed by atoms with Crippen molar-refractivity contribution in [3.05, 3.63) is 74.2 Å². The van der Waals surface area contributed by atoms with Crippen molar-refractivity contribution < 1.29 is 9.72 Å². The molecule has 0 unspecified atom stereocenters. The second-order valence-corrected chi connectivity index (χ2v) is 8.08. The first-order valence-corrected chi connectivity index (χ1v) is 9.88. The number of hydrogen-bond acceptors (Lipinski definition) is 7. The fourth-order valence-electron chi connectivity index (χ4n) is 2.03. The number of anilines is 1. The quantitative estimate of drug-likeness (QED) is 0.251. The van der Waals surface area contributed by atoms with Crippen LogP contribution in [0.4, 0.5) is 10.8 Å². The van der Waals surface area contributed by atoms with Crippen molar-refractivity contribution in [1.29, 1.82) is 0 Å². The topological polar surface area (TPSA) is 98.0 Å². The van der Waals surface area contributed by atoms with E-state index in [1.165, 1.54) is 35.2 Å². The summed E-state index contributed by atoms with van der Waals surface area (Å²) < 4.78 is 1.36. The molecular formula is C16H11BrN4O3S2. The maximum atomic E-state index is 12.3. The van der Waals surface area contributed by atoms with Crippen LogP contribution in [0, 0.1) is 10.1 Å². The van der Waals surface area contributed by atoms with Gasteiger partial charge in [0.2, 0.25) is 5.13 Å². The third-order valence-electron chi connectivity index (χ3n) is 3.23. The fourth-order valence-corrected chi connectivity index (χ4v) is 4.19. The summed E-state index contributed by atoms with van der Waals surface area (Å²) in [6.45, 7) is 0. The number of non-ortho nitro benzene ring substituents is 1. The van der Waals surface area contributed by atoms with Crippen molar-refractivity contribution in [3.8, 4) is 0 Å². The van der Waals surface area contributed by atoms with Gasteiger partial charge in [0.15, 0.2) is 4.34 Å². The predicted octanol–water partition coefficient (Wildman–Crippen LogP) is 4.75. The first-order valence-electron chi connectivity index (χ1n) is 7.28. The van der Waals surface area contributed by atoms with Crippen molar-refractivity contribution in [2.24, 2.45) is 0 Å². The van der Waals surface area contributed by atoms with Gasteiger partial charge in [-0.2, -0.15) is 0 Å². The second kappa shape index (κ2) is 8.39. The van der Waals surface area contributed by atoms with Gasteiger partial charge in [-0.15, -0.1) is 10.2 Å².